The van der Waals surface area contributed by atoms with Crippen LogP contribution in [0.3, 0.4) is 0 Å². The number of nitrogens with one attached hydrogen (secondary N) is 1. The quantitative estimate of drug-likeness (QED) is 0.668. The van der Waals surface area contributed by atoms with Crippen LogP contribution in [0.1, 0.15) is 16.8 Å². The van der Waals surface area contributed by atoms with Gasteiger partial charge in [-0.1, -0.05) is 12.2 Å². The average Bonchev–Trinajstić information content (AvgIpc) is 3.43. The van der Waals surface area contributed by atoms with Gasteiger partial charge in [0.15, 0.2) is 0 Å². The molecule has 1 aliphatic heterocycles. The van der Waals surface area contributed by atoms with E-state index in [0.717, 1.165) is 11.4 Å². The normalized spacial score (nSPS) is 36.9. The molecule has 2 bridgehead atoms. The van der Waals surface area contributed by atoms with E-state index in [4.69, 9.17) is 4.74 Å². The van der Waals surface area contributed by atoms with Crippen LogP contribution in [-0.2, 0) is 9.59 Å². The fourth-order valence-electron chi connectivity index (χ4n) is 4.98. The van der Waals surface area contributed by atoms with Crippen LogP contribution in [-0.4, -0.2) is 29.8 Å². The zero-order valence-corrected chi connectivity index (χ0v) is 13.7. The molecule has 5 aliphatic rings. The van der Waals surface area contributed by atoms with Crippen LogP contribution >= 0.6 is 0 Å². The molecule has 1 saturated heterocycles. The van der Waals surface area contributed by atoms with Gasteiger partial charge in [-0.25, -0.2) is 0 Å². The van der Waals surface area contributed by atoms with Crippen molar-refractivity contribution in [2.45, 2.75) is 6.42 Å². The van der Waals surface area contributed by atoms with Crippen molar-refractivity contribution in [1.82, 2.24) is 10.4 Å². The first-order valence-electron chi connectivity index (χ1n) is 8.61. The van der Waals surface area contributed by atoms with Crippen LogP contribution in [0.15, 0.2) is 36.4 Å². The molecule has 25 heavy (non-hydrogen) atoms. The molecule has 1 heterocycles. The summed E-state index contributed by atoms with van der Waals surface area (Å²) in [5.41, 5.74) is 2.89. The van der Waals surface area contributed by atoms with Crippen LogP contribution in [0.2, 0.25) is 0 Å². The van der Waals surface area contributed by atoms with Gasteiger partial charge in [-0.3, -0.25) is 19.8 Å². The van der Waals surface area contributed by atoms with Crippen LogP contribution in [0, 0.1) is 35.5 Å². The molecule has 3 amide bonds. The Labute approximate surface area is 144 Å². The number of allylic oxidation sites excluding steroid dienone is 2. The molecule has 1 aromatic carbocycles. The summed E-state index contributed by atoms with van der Waals surface area (Å²) in [6, 6.07) is 6.54. The van der Waals surface area contributed by atoms with Crippen molar-refractivity contribution in [2.75, 3.05) is 7.11 Å². The van der Waals surface area contributed by atoms with Gasteiger partial charge in [-0.05, 0) is 54.4 Å². The van der Waals surface area contributed by atoms with E-state index >= 15 is 0 Å². The van der Waals surface area contributed by atoms with Crippen molar-refractivity contribution in [3.05, 3.63) is 42.0 Å². The van der Waals surface area contributed by atoms with E-state index in [2.05, 4.69) is 17.6 Å². The fraction of sp³-hybridized carbons (Fsp3) is 0.421. The van der Waals surface area contributed by atoms with E-state index in [-0.39, 0.29) is 35.5 Å². The molecule has 0 aromatic heterocycles. The summed E-state index contributed by atoms with van der Waals surface area (Å²) in [6.07, 6.45) is 5.34. The van der Waals surface area contributed by atoms with Crippen LogP contribution < -0.4 is 10.2 Å². The van der Waals surface area contributed by atoms with E-state index < -0.39 is 5.91 Å². The molecule has 0 radical (unpaired) electrons. The average molecular weight is 338 g/mol. The number of amides is 3. The molecule has 1 aromatic rings. The zero-order valence-electron chi connectivity index (χ0n) is 13.7. The number of carbonyl (C=O) groups excluding carboxylic acids is 3. The molecule has 6 heteroatoms. The van der Waals surface area contributed by atoms with Gasteiger partial charge in [0.1, 0.15) is 5.75 Å². The lowest BCUT2D eigenvalue weighted by Crippen LogP contribution is -2.46. The summed E-state index contributed by atoms with van der Waals surface area (Å²) in [5.74, 6) is 0.438. The summed E-state index contributed by atoms with van der Waals surface area (Å²) in [4.78, 5) is 38.1. The van der Waals surface area contributed by atoms with Gasteiger partial charge in [0.2, 0.25) is 0 Å². The molecule has 128 valence electrons. The van der Waals surface area contributed by atoms with Gasteiger partial charge in [0.05, 0.1) is 18.9 Å². The number of nitrogens with zero attached hydrogens (tertiary/aromatic N) is 1. The summed E-state index contributed by atoms with van der Waals surface area (Å²) in [7, 11) is 1.55. The van der Waals surface area contributed by atoms with Crippen LogP contribution in [0.25, 0.3) is 0 Å². The first-order chi connectivity index (χ1) is 12.1. The molecule has 0 spiro atoms. The molecule has 1 N–H and O–H groups in total. The maximum absolute atomic E-state index is 12.8. The van der Waals surface area contributed by atoms with Crippen molar-refractivity contribution in [1.29, 1.82) is 0 Å². The van der Waals surface area contributed by atoms with Gasteiger partial charge in [-0.2, -0.15) is 5.01 Å². The van der Waals surface area contributed by atoms with Gasteiger partial charge in [0, 0.05) is 5.56 Å². The first kappa shape index (κ1) is 14.7. The van der Waals surface area contributed by atoms with Crippen LogP contribution in [0.5, 0.6) is 5.75 Å². The number of hydrogen-bond donors (Lipinski definition) is 1. The topological polar surface area (TPSA) is 75.7 Å². The number of hydrazine groups is 1. The Bertz CT molecular complexity index is 779. The molecule has 2 saturated carbocycles. The van der Waals surface area contributed by atoms with Gasteiger partial charge in [-0.15, -0.1) is 0 Å². The number of hydrogen-bond acceptors (Lipinski definition) is 4. The maximum atomic E-state index is 12.8. The third-order valence-electron chi connectivity index (χ3n) is 6.23. The highest BCUT2D eigenvalue weighted by Gasteiger charge is 2.67. The number of carbonyl (C=O) groups is 3. The van der Waals surface area contributed by atoms with Crippen molar-refractivity contribution in [3.63, 3.8) is 0 Å². The summed E-state index contributed by atoms with van der Waals surface area (Å²) >= 11 is 0. The number of ether oxygens (including phenoxy) is 1. The number of rotatable bonds is 3. The highest BCUT2D eigenvalue weighted by molar-refractivity contribution is 6.08. The lowest BCUT2D eigenvalue weighted by atomic mass is 9.63. The molecule has 3 fully saturated rings. The zero-order chi connectivity index (χ0) is 17.3. The summed E-state index contributed by atoms with van der Waals surface area (Å²) in [6.45, 7) is 0. The second kappa shape index (κ2) is 4.94. The smallest absolute Gasteiger partial charge is 0.270 e. The SMILES string of the molecule is COc1ccc(C(=O)NN2C(=O)C3C(C2=O)[C@@H]2C=C[C@H]3[C@H]3C[C@H]32)cc1. The third kappa shape index (κ3) is 1.94. The Balaban J connectivity index is 1.37. The second-order valence-electron chi connectivity index (χ2n) is 7.34. The van der Waals surface area contributed by atoms with E-state index in [1.807, 2.05) is 0 Å². The fourth-order valence-corrected chi connectivity index (χ4v) is 4.98. The monoisotopic (exact) mass is 338 g/mol. The van der Waals surface area contributed by atoms with Crippen molar-refractivity contribution >= 4 is 17.7 Å². The molecule has 2 unspecified atom stereocenters. The van der Waals surface area contributed by atoms with Gasteiger partial charge < -0.3 is 4.74 Å². The minimum Gasteiger partial charge on any atom is -0.497 e. The summed E-state index contributed by atoms with van der Waals surface area (Å²) in [5, 5.41) is 0.958. The van der Waals surface area contributed by atoms with E-state index in [0.29, 0.717) is 23.1 Å². The molecular formula is C19H18N2O4. The Morgan fingerprint density at radius 1 is 1.04 bits per heavy atom. The Morgan fingerprint density at radius 2 is 1.60 bits per heavy atom. The maximum Gasteiger partial charge on any atom is 0.270 e. The highest BCUT2D eigenvalue weighted by Crippen LogP contribution is 2.65. The standard InChI is InChI=1S/C19H18N2O4/c1-25-10-4-2-9(3-5-10)17(22)20-21-18(23)15-11-6-7-12(14-8-13(11)14)16(15)19(21)24/h2-7,11-16H,8H2,1H3,(H,20,22)/t11-,12+,13+,14-,15?,16?. The molecule has 6 atom stereocenters. The Hall–Kier alpha value is -2.63. The van der Waals surface area contributed by atoms with E-state index in [1.165, 1.54) is 0 Å². The van der Waals surface area contributed by atoms with Gasteiger partial charge in [0.25, 0.3) is 17.7 Å². The molecule has 6 rings (SSSR count). The van der Waals surface area contributed by atoms with Crippen LogP contribution in [0.4, 0.5) is 0 Å². The minimum atomic E-state index is -0.464. The van der Waals surface area contributed by atoms with Crippen molar-refractivity contribution in [3.8, 4) is 5.75 Å². The van der Waals surface area contributed by atoms with Gasteiger partial charge >= 0.3 is 0 Å². The Morgan fingerprint density at radius 3 is 2.12 bits per heavy atom. The Kier molecular flexibility index (Phi) is 2.90. The predicted molar refractivity (Wildman–Crippen MR) is 87.0 cm³/mol. The number of imide groups is 1. The summed E-state index contributed by atoms with van der Waals surface area (Å²) < 4.78 is 5.07. The third-order valence-corrected chi connectivity index (χ3v) is 6.23. The largest absolute Gasteiger partial charge is 0.497 e. The first-order valence-corrected chi connectivity index (χ1v) is 8.61. The number of methoxy groups -OCH3 is 1. The molecule has 4 aliphatic carbocycles. The van der Waals surface area contributed by atoms with Crippen molar-refractivity contribution in [2.24, 2.45) is 35.5 Å². The molecular weight excluding hydrogens is 320 g/mol. The second-order valence-corrected chi connectivity index (χ2v) is 7.34. The lowest BCUT2D eigenvalue weighted by molar-refractivity contribution is -0.143. The van der Waals surface area contributed by atoms with E-state index in [1.54, 1.807) is 31.4 Å². The van der Waals surface area contributed by atoms with E-state index in [9.17, 15) is 14.4 Å². The molecule has 6 nitrogen and oxygen atoms in total. The van der Waals surface area contributed by atoms with Crippen molar-refractivity contribution < 1.29 is 19.1 Å². The lowest BCUT2D eigenvalue weighted by Gasteiger charge is -2.37. The minimum absolute atomic E-state index is 0.152. The highest BCUT2D eigenvalue weighted by atomic mass is 16.5. The predicted octanol–water partition coefficient (Wildman–Crippen LogP) is 1.39. The number of benzene rings is 1.